The van der Waals surface area contributed by atoms with Crippen molar-refractivity contribution in [1.29, 1.82) is 0 Å². The smallest absolute Gasteiger partial charge is 0.334 e. The van der Waals surface area contributed by atoms with Crippen molar-refractivity contribution in [1.82, 2.24) is 0 Å². The van der Waals surface area contributed by atoms with Crippen LogP contribution in [-0.2, 0) is 19.1 Å². The van der Waals surface area contributed by atoms with Crippen molar-refractivity contribution in [3.05, 3.63) is 11.6 Å². The van der Waals surface area contributed by atoms with Crippen LogP contribution in [-0.4, -0.2) is 25.2 Å². The molecule has 0 unspecified atom stereocenters. The molecule has 1 aliphatic carbocycles. The van der Waals surface area contributed by atoms with Crippen LogP contribution in [0.3, 0.4) is 0 Å². The van der Waals surface area contributed by atoms with E-state index in [1.807, 2.05) is 0 Å². The summed E-state index contributed by atoms with van der Waals surface area (Å²) in [4.78, 5) is 22.3. The van der Waals surface area contributed by atoms with Gasteiger partial charge in [0, 0.05) is 12.0 Å². The first-order valence-corrected chi connectivity index (χ1v) is 4.73. The van der Waals surface area contributed by atoms with Crippen molar-refractivity contribution in [3.8, 4) is 0 Å². The minimum absolute atomic E-state index is 0.00148. The Morgan fingerprint density at radius 2 is 2.36 bits per heavy atom. The number of methoxy groups -OCH3 is 1. The fraction of sp³-hybridized carbons (Fsp3) is 0.600. The van der Waals surface area contributed by atoms with Crippen LogP contribution in [0, 0.1) is 5.92 Å². The molecule has 0 radical (unpaired) electrons. The van der Waals surface area contributed by atoms with Crippen molar-refractivity contribution in [2.24, 2.45) is 5.92 Å². The van der Waals surface area contributed by atoms with E-state index in [1.165, 1.54) is 13.2 Å². The van der Waals surface area contributed by atoms with Gasteiger partial charge >= 0.3 is 11.9 Å². The summed E-state index contributed by atoms with van der Waals surface area (Å²) in [7, 11) is 1.30. The van der Waals surface area contributed by atoms with Crippen molar-refractivity contribution < 1.29 is 19.1 Å². The summed E-state index contributed by atoms with van der Waals surface area (Å²) in [5.74, 6) is -0.726. The van der Waals surface area contributed by atoms with Gasteiger partial charge in [-0.1, -0.05) is 0 Å². The molecule has 4 heteroatoms. The highest BCUT2D eigenvalue weighted by atomic mass is 16.6. The molecule has 0 aromatic carbocycles. The number of carbonyl (C=O) groups excluding carboxylic acids is 2. The van der Waals surface area contributed by atoms with Crippen LogP contribution in [0.2, 0.25) is 0 Å². The van der Waals surface area contributed by atoms with Crippen LogP contribution >= 0.6 is 0 Å². The summed E-state index contributed by atoms with van der Waals surface area (Å²) in [6.45, 7) is 0. The molecule has 4 nitrogen and oxygen atoms in total. The zero-order valence-corrected chi connectivity index (χ0v) is 7.99. The number of hydrogen-bond donors (Lipinski definition) is 0. The number of ether oxygens (including phenoxy) is 2. The van der Waals surface area contributed by atoms with E-state index in [9.17, 15) is 9.59 Å². The van der Waals surface area contributed by atoms with Crippen molar-refractivity contribution >= 4 is 11.9 Å². The molecule has 1 heterocycles. The van der Waals surface area contributed by atoms with Gasteiger partial charge in [0.05, 0.1) is 12.7 Å². The van der Waals surface area contributed by atoms with Gasteiger partial charge in [-0.15, -0.1) is 0 Å². The largest absolute Gasteiger partial charge is 0.466 e. The minimum Gasteiger partial charge on any atom is -0.466 e. The average Bonchev–Trinajstić information content (AvgIpc) is 2.70. The lowest BCUT2D eigenvalue weighted by Gasteiger charge is -2.04. The number of rotatable bonds is 1. The lowest BCUT2D eigenvalue weighted by atomic mass is 9.98. The maximum absolute atomic E-state index is 11.3. The summed E-state index contributed by atoms with van der Waals surface area (Å²) < 4.78 is 9.61. The Morgan fingerprint density at radius 1 is 1.57 bits per heavy atom. The number of hydrogen-bond acceptors (Lipinski definition) is 4. The molecule has 2 atom stereocenters. The summed E-state index contributed by atoms with van der Waals surface area (Å²) >= 11 is 0. The van der Waals surface area contributed by atoms with Crippen LogP contribution < -0.4 is 0 Å². The molecule has 0 amide bonds. The zero-order chi connectivity index (χ0) is 10.1. The van der Waals surface area contributed by atoms with E-state index in [2.05, 4.69) is 4.74 Å². The Kier molecular flexibility index (Phi) is 2.27. The Morgan fingerprint density at radius 3 is 3.07 bits per heavy atom. The Bertz CT molecular complexity index is 305. The molecule has 0 aromatic heterocycles. The molecular weight excluding hydrogens is 184 g/mol. The second-order valence-corrected chi connectivity index (χ2v) is 3.60. The van der Waals surface area contributed by atoms with Gasteiger partial charge < -0.3 is 9.47 Å². The van der Waals surface area contributed by atoms with E-state index >= 15 is 0 Å². The molecule has 1 aliphatic heterocycles. The Hall–Kier alpha value is -1.32. The van der Waals surface area contributed by atoms with Crippen molar-refractivity contribution in [2.45, 2.75) is 25.4 Å². The van der Waals surface area contributed by atoms with Gasteiger partial charge in [-0.05, 0) is 19.3 Å². The van der Waals surface area contributed by atoms with E-state index in [0.29, 0.717) is 5.57 Å². The van der Waals surface area contributed by atoms with Crippen molar-refractivity contribution in [2.75, 3.05) is 7.11 Å². The third kappa shape index (κ3) is 1.41. The summed E-state index contributed by atoms with van der Waals surface area (Å²) in [5.41, 5.74) is 0.486. The first kappa shape index (κ1) is 9.24. The fourth-order valence-corrected chi connectivity index (χ4v) is 2.13. The molecule has 2 fully saturated rings. The van der Waals surface area contributed by atoms with Crippen LogP contribution in [0.15, 0.2) is 11.6 Å². The van der Waals surface area contributed by atoms with E-state index < -0.39 is 5.97 Å². The number of fused-ring (bicyclic) bond motifs is 1. The average molecular weight is 196 g/mol. The molecule has 0 aromatic rings. The first-order chi connectivity index (χ1) is 6.72. The molecule has 1 saturated carbocycles. The van der Waals surface area contributed by atoms with E-state index in [1.54, 1.807) is 0 Å². The Balaban J connectivity index is 2.21. The molecular formula is C10H12O4. The standard InChI is InChI=1S/C10H12O4/c1-13-9(11)5-7-6-3-2-4-8(6)14-10(7)12/h5-6,8H,2-4H2,1H3/b7-5-/t6-,8+/m0/s1. The normalized spacial score (nSPS) is 32.9. The van der Waals surface area contributed by atoms with Gasteiger partial charge in [-0.25, -0.2) is 9.59 Å². The topological polar surface area (TPSA) is 52.6 Å². The quantitative estimate of drug-likeness (QED) is 0.460. The monoisotopic (exact) mass is 196 g/mol. The second kappa shape index (κ2) is 3.44. The predicted molar refractivity (Wildman–Crippen MR) is 47.3 cm³/mol. The third-order valence-electron chi connectivity index (χ3n) is 2.82. The molecule has 14 heavy (non-hydrogen) atoms. The molecule has 0 N–H and O–H groups in total. The predicted octanol–water partition coefficient (Wildman–Crippen LogP) is 0.811. The van der Waals surface area contributed by atoms with Crippen LogP contribution in [0.25, 0.3) is 0 Å². The highest BCUT2D eigenvalue weighted by Gasteiger charge is 2.43. The number of carbonyl (C=O) groups is 2. The molecule has 2 aliphatic rings. The molecule has 0 bridgehead atoms. The molecule has 1 saturated heterocycles. The van der Waals surface area contributed by atoms with Crippen LogP contribution in [0.4, 0.5) is 0 Å². The van der Waals surface area contributed by atoms with Gasteiger partial charge in [0.25, 0.3) is 0 Å². The molecule has 2 rings (SSSR count). The summed E-state index contributed by atoms with van der Waals surface area (Å²) in [6.07, 6.45) is 4.16. The second-order valence-electron chi connectivity index (χ2n) is 3.60. The van der Waals surface area contributed by atoms with E-state index in [0.717, 1.165) is 19.3 Å². The Labute approximate surface area is 81.9 Å². The fourth-order valence-electron chi connectivity index (χ4n) is 2.13. The van der Waals surface area contributed by atoms with Gasteiger partial charge in [-0.2, -0.15) is 0 Å². The highest BCUT2D eigenvalue weighted by molar-refractivity contribution is 5.98. The van der Waals surface area contributed by atoms with Gasteiger partial charge in [-0.3, -0.25) is 0 Å². The third-order valence-corrected chi connectivity index (χ3v) is 2.82. The zero-order valence-electron chi connectivity index (χ0n) is 7.99. The lowest BCUT2D eigenvalue weighted by Crippen LogP contribution is -2.08. The highest BCUT2D eigenvalue weighted by Crippen LogP contribution is 2.39. The first-order valence-electron chi connectivity index (χ1n) is 4.73. The van der Waals surface area contributed by atoms with Gasteiger partial charge in [0.2, 0.25) is 0 Å². The van der Waals surface area contributed by atoms with Crippen LogP contribution in [0.5, 0.6) is 0 Å². The van der Waals surface area contributed by atoms with E-state index in [4.69, 9.17) is 4.74 Å². The van der Waals surface area contributed by atoms with Crippen LogP contribution in [0.1, 0.15) is 19.3 Å². The van der Waals surface area contributed by atoms with E-state index in [-0.39, 0.29) is 18.0 Å². The molecule has 0 spiro atoms. The summed E-state index contributed by atoms with van der Waals surface area (Å²) in [5, 5.41) is 0. The maximum Gasteiger partial charge on any atom is 0.334 e. The maximum atomic E-state index is 11.3. The molecule has 76 valence electrons. The van der Waals surface area contributed by atoms with Gasteiger partial charge in [0.1, 0.15) is 6.10 Å². The van der Waals surface area contributed by atoms with Crippen molar-refractivity contribution in [3.63, 3.8) is 0 Å². The lowest BCUT2D eigenvalue weighted by molar-refractivity contribution is -0.140. The van der Waals surface area contributed by atoms with Gasteiger partial charge in [0.15, 0.2) is 0 Å². The summed E-state index contributed by atoms with van der Waals surface area (Å²) in [6, 6.07) is 0. The minimum atomic E-state index is -0.482. The SMILES string of the molecule is COC(=O)/C=C1\C(=O)O[C@@H]2CCC[C@@H]12. The number of esters is 2.